The summed E-state index contributed by atoms with van der Waals surface area (Å²) in [5.74, 6) is -1.32. The zero-order valence-corrected chi connectivity index (χ0v) is 8.95. The van der Waals surface area contributed by atoms with Gasteiger partial charge in [-0.25, -0.2) is 4.79 Å². The number of esters is 1. The number of nitrogens with zero attached hydrogens (tertiary/aromatic N) is 1. The van der Waals surface area contributed by atoms with Crippen LogP contribution in [0.15, 0.2) is 24.3 Å². The minimum Gasteiger partial charge on any atom is -0.425 e. The van der Waals surface area contributed by atoms with Gasteiger partial charge in [0.25, 0.3) is 5.69 Å². The number of nitro groups is 1. The molecule has 0 aliphatic rings. The van der Waals surface area contributed by atoms with Crippen LogP contribution in [0, 0.1) is 10.1 Å². The molecule has 0 aliphatic carbocycles. The van der Waals surface area contributed by atoms with E-state index in [1.807, 2.05) is 0 Å². The topological polar surface area (TPSA) is 113 Å². The van der Waals surface area contributed by atoms with E-state index in [-0.39, 0.29) is 11.4 Å². The minimum atomic E-state index is -1.34. The van der Waals surface area contributed by atoms with Crippen molar-refractivity contribution in [2.45, 2.75) is 13.0 Å². The Bertz CT molecular complexity index is 454. The Kier molecular flexibility index (Phi) is 3.89. The number of hydrogen-bond acceptors (Lipinski definition) is 6. The smallest absolute Gasteiger partial charge is 0.336 e. The van der Waals surface area contributed by atoms with Gasteiger partial charge in [0.1, 0.15) is 5.75 Å². The molecule has 0 aliphatic heterocycles. The molecule has 90 valence electrons. The zero-order valence-electron chi connectivity index (χ0n) is 8.95. The molecule has 0 bridgehead atoms. The first-order chi connectivity index (χ1) is 7.91. The summed E-state index contributed by atoms with van der Waals surface area (Å²) in [4.78, 5) is 31.9. The van der Waals surface area contributed by atoms with Crippen molar-refractivity contribution in [3.8, 4) is 5.75 Å². The average molecular weight is 238 g/mol. The van der Waals surface area contributed by atoms with Crippen LogP contribution in [-0.4, -0.2) is 22.7 Å². The van der Waals surface area contributed by atoms with Gasteiger partial charge >= 0.3 is 5.97 Å². The lowest BCUT2D eigenvalue weighted by atomic mass is 10.2. The molecule has 0 spiro atoms. The highest BCUT2D eigenvalue weighted by Gasteiger charge is 2.20. The van der Waals surface area contributed by atoms with Crippen molar-refractivity contribution < 1.29 is 19.2 Å². The number of nitrogens with two attached hydrogens (primary N) is 1. The lowest BCUT2D eigenvalue weighted by Gasteiger charge is -2.07. The van der Waals surface area contributed by atoms with Crippen molar-refractivity contribution in [2.24, 2.45) is 5.73 Å². The molecule has 7 nitrogen and oxygen atoms in total. The fraction of sp³-hybridized carbons (Fsp3) is 0.200. The van der Waals surface area contributed by atoms with Crippen LogP contribution in [0.2, 0.25) is 0 Å². The maximum atomic E-state index is 11.3. The van der Waals surface area contributed by atoms with Crippen molar-refractivity contribution in [3.63, 3.8) is 0 Å². The van der Waals surface area contributed by atoms with Gasteiger partial charge in [-0.2, -0.15) is 0 Å². The molecule has 1 rings (SSSR count). The zero-order chi connectivity index (χ0) is 13.0. The molecule has 0 fully saturated rings. The van der Waals surface area contributed by atoms with Gasteiger partial charge in [-0.15, -0.1) is 0 Å². The number of non-ortho nitro benzene ring substituents is 1. The van der Waals surface area contributed by atoms with E-state index in [1.54, 1.807) is 0 Å². The number of ketones is 1. The number of nitro benzene ring substituents is 1. The quantitative estimate of drug-likeness (QED) is 0.267. The highest BCUT2D eigenvalue weighted by Crippen LogP contribution is 2.17. The molecule has 1 aromatic rings. The first-order valence-electron chi connectivity index (χ1n) is 4.64. The van der Waals surface area contributed by atoms with E-state index in [1.165, 1.54) is 31.2 Å². The third-order valence-electron chi connectivity index (χ3n) is 1.96. The van der Waals surface area contributed by atoms with Crippen LogP contribution in [0.25, 0.3) is 0 Å². The van der Waals surface area contributed by atoms with Crippen LogP contribution in [0.3, 0.4) is 0 Å². The van der Waals surface area contributed by atoms with Gasteiger partial charge in [-0.05, 0) is 19.1 Å². The van der Waals surface area contributed by atoms with Crippen molar-refractivity contribution in [1.82, 2.24) is 0 Å². The van der Waals surface area contributed by atoms with E-state index < -0.39 is 22.7 Å². The maximum Gasteiger partial charge on any atom is 0.336 e. The van der Waals surface area contributed by atoms with Gasteiger partial charge in [0.05, 0.1) is 4.92 Å². The Balaban J connectivity index is 2.73. The van der Waals surface area contributed by atoms with Crippen molar-refractivity contribution in [1.29, 1.82) is 0 Å². The van der Waals surface area contributed by atoms with Crippen LogP contribution < -0.4 is 10.5 Å². The van der Waals surface area contributed by atoms with E-state index in [0.29, 0.717) is 0 Å². The molecule has 0 amide bonds. The molecule has 0 saturated carbocycles. The van der Waals surface area contributed by atoms with Gasteiger partial charge < -0.3 is 10.5 Å². The molecular formula is C10H10N2O5. The predicted octanol–water partition coefficient (Wildman–Crippen LogP) is 0.416. The standard InChI is InChI=1S/C10H10N2O5/c1-6(13)9(11)10(14)17-8-4-2-7(3-5-8)12(15)16/h2-5,9H,11H2,1H3. The molecule has 0 aromatic heterocycles. The Morgan fingerprint density at radius 1 is 1.35 bits per heavy atom. The highest BCUT2D eigenvalue weighted by molar-refractivity contribution is 6.02. The Hall–Kier alpha value is -2.28. The van der Waals surface area contributed by atoms with E-state index >= 15 is 0 Å². The summed E-state index contributed by atoms with van der Waals surface area (Å²) < 4.78 is 4.76. The fourth-order valence-electron chi connectivity index (χ4n) is 0.981. The number of ether oxygens (including phenoxy) is 1. The van der Waals surface area contributed by atoms with Crippen molar-refractivity contribution >= 4 is 17.4 Å². The third kappa shape index (κ3) is 3.35. The molecule has 17 heavy (non-hydrogen) atoms. The first-order valence-corrected chi connectivity index (χ1v) is 4.64. The van der Waals surface area contributed by atoms with Gasteiger partial charge in [0.2, 0.25) is 0 Å². The van der Waals surface area contributed by atoms with Gasteiger partial charge in [-0.3, -0.25) is 14.9 Å². The monoisotopic (exact) mass is 238 g/mol. The number of benzene rings is 1. The second kappa shape index (κ2) is 5.17. The maximum absolute atomic E-state index is 11.3. The summed E-state index contributed by atoms with van der Waals surface area (Å²) in [6.07, 6.45) is 0. The lowest BCUT2D eigenvalue weighted by Crippen LogP contribution is -2.40. The second-order valence-corrected chi connectivity index (χ2v) is 3.26. The molecule has 0 radical (unpaired) electrons. The molecular weight excluding hydrogens is 228 g/mol. The second-order valence-electron chi connectivity index (χ2n) is 3.26. The third-order valence-corrected chi connectivity index (χ3v) is 1.96. The minimum absolute atomic E-state index is 0.0947. The molecule has 1 unspecified atom stereocenters. The summed E-state index contributed by atoms with van der Waals surface area (Å²) in [5.41, 5.74) is 5.13. The molecule has 1 atom stereocenters. The fourth-order valence-corrected chi connectivity index (χ4v) is 0.981. The van der Waals surface area contributed by atoms with Gasteiger partial charge in [0, 0.05) is 12.1 Å². The number of carbonyl (C=O) groups excluding carboxylic acids is 2. The number of rotatable bonds is 4. The van der Waals surface area contributed by atoms with Crippen LogP contribution in [0.5, 0.6) is 5.75 Å². The predicted molar refractivity (Wildman–Crippen MR) is 57.4 cm³/mol. The number of carbonyl (C=O) groups is 2. The van der Waals surface area contributed by atoms with Crippen LogP contribution in [-0.2, 0) is 9.59 Å². The van der Waals surface area contributed by atoms with E-state index in [0.717, 1.165) is 0 Å². The summed E-state index contributed by atoms with van der Waals surface area (Å²) in [6.45, 7) is 1.17. The summed E-state index contributed by atoms with van der Waals surface area (Å²) in [7, 11) is 0. The van der Waals surface area contributed by atoms with Crippen LogP contribution in [0.1, 0.15) is 6.92 Å². The Labute approximate surface area is 96.3 Å². The summed E-state index contributed by atoms with van der Waals surface area (Å²) in [6, 6.07) is 3.53. The average Bonchev–Trinajstić information content (AvgIpc) is 2.28. The largest absolute Gasteiger partial charge is 0.425 e. The van der Waals surface area contributed by atoms with E-state index in [4.69, 9.17) is 10.5 Å². The Morgan fingerprint density at radius 3 is 2.29 bits per heavy atom. The molecule has 1 aromatic carbocycles. The summed E-state index contributed by atoms with van der Waals surface area (Å²) >= 11 is 0. The van der Waals surface area contributed by atoms with Crippen molar-refractivity contribution in [3.05, 3.63) is 34.4 Å². The van der Waals surface area contributed by atoms with E-state index in [2.05, 4.69) is 0 Å². The lowest BCUT2D eigenvalue weighted by molar-refractivity contribution is -0.384. The Morgan fingerprint density at radius 2 is 1.88 bits per heavy atom. The number of Topliss-reactive ketones (excluding diaryl/α,β-unsaturated/α-hetero) is 1. The first kappa shape index (κ1) is 12.8. The van der Waals surface area contributed by atoms with Crippen LogP contribution in [0.4, 0.5) is 5.69 Å². The van der Waals surface area contributed by atoms with Crippen molar-refractivity contribution in [2.75, 3.05) is 0 Å². The summed E-state index contributed by atoms with van der Waals surface area (Å²) in [5, 5.41) is 10.4. The van der Waals surface area contributed by atoms with Gasteiger partial charge in [0.15, 0.2) is 11.8 Å². The highest BCUT2D eigenvalue weighted by atomic mass is 16.6. The van der Waals surface area contributed by atoms with Crippen LogP contribution >= 0.6 is 0 Å². The normalized spacial score (nSPS) is 11.6. The van der Waals surface area contributed by atoms with E-state index in [9.17, 15) is 19.7 Å². The van der Waals surface area contributed by atoms with Gasteiger partial charge in [-0.1, -0.05) is 0 Å². The molecule has 7 heteroatoms. The molecule has 0 saturated heterocycles. The number of hydrogen-bond donors (Lipinski definition) is 1. The molecule has 2 N–H and O–H groups in total. The molecule has 0 heterocycles. The SMILES string of the molecule is CC(=O)C(N)C(=O)Oc1ccc([N+](=O)[O-])cc1.